The van der Waals surface area contributed by atoms with Crippen LogP contribution in [0.15, 0.2) is 29.6 Å². The monoisotopic (exact) mass is 347 g/mol. The number of carbonyl (C=O) groups excluding carboxylic acids is 1. The molecule has 1 amide bonds. The number of thiazole rings is 1. The molecule has 0 fully saturated rings. The number of likely N-dealkylation sites (N-methyl/N-ethyl adjacent to an activating group) is 1. The molecule has 0 saturated heterocycles. The number of carbonyl (C=O) groups is 1. The molecule has 0 radical (unpaired) electrons. The van der Waals surface area contributed by atoms with Crippen molar-refractivity contribution in [1.29, 1.82) is 0 Å². The number of aryl methyl sites for hydroxylation is 1. The summed E-state index contributed by atoms with van der Waals surface area (Å²) in [7, 11) is 1.66. The first kappa shape index (κ1) is 18.4. The summed E-state index contributed by atoms with van der Waals surface area (Å²) in [5, 5.41) is 5.70. The van der Waals surface area contributed by atoms with Crippen molar-refractivity contribution in [3.8, 4) is 0 Å². The van der Waals surface area contributed by atoms with Crippen LogP contribution >= 0.6 is 11.3 Å². The lowest BCUT2D eigenvalue weighted by atomic mass is 10.1. The number of aromatic nitrogens is 1. The third kappa shape index (κ3) is 4.79. The number of hydrogen-bond donors (Lipinski definition) is 1. The highest BCUT2D eigenvalue weighted by Gasteiger charge is 2.16. The van der Waals surface area contributed by atoms with Gasteiger partial charge in [0.25, 0.3) is 0 Å². The molecule has 0 bridgehead atoms. The van der Waals surface area contributed by atoms with Crippen LogP contribution in [0.5, 0.6) is 0 Å². The number of nitrogens with one attached hydrogen (secondary N) is 1. The van der Waals surface area contributed by atoms with Crippen LogP contribution in [0.4, 0.5) is 5.69 Å². The van der Waals surface area contributed by atoms with Gasteiger partial charge < -0.3 is 15.0 Å². The Labute approximate surface area is 147 Å². The molecule has 0 aliphatic rings. The van der Waals surface area contributed by atoms with E-state index in [-0.39, 0.29) is 12.0 Å². The Bertz CT molecular complexity index is 672. The van der Waals surface area contributed by atoms with Crippen molar-refractivity contribution in [1.82, 2.24) is 10.3 Å². The molecule has 24 heavy (non-hydrogen) atoms. The number of para-hydroxylation sites is 1. The topological polar surface area (TPSA) is 54.5 Å². The summed E-state index contributed by atoms with van der Waals surface area (Å²) in [6, 6.07) is 8.08. The SMILES string of the molecule is CCOC(C)c1nc(CN(CC(=O)NC)c2ccccc2C)cs1. The fraction of sp³-hybridized carbons (Fsp3) is 0.444. The van der Waals surface area contributed by atoms with Gasteiger partial charge in [0.15, 0.2) is 0 Å². The second-order valence-electron chi connectivity index (χ2n) is 5.59. The number of nitrogens with zero attached hydrogens (tertiary/aromatic N) is 2. The zero-order valence-corrected chi connectivity index (χ0v) is 15.5. The predicted octanol–water partition coefficient (Wildman–Crippen LogP) is 3.30. The molecule has 1 aromatic heterocycles. The van der Waals surface area contributed by atoms with E-state index in [0.29, 0.717) is 19.7 Å². The summed E-state index contributed by atoms with van der Waals surface area (Å²) in [5.74, 6) is -0.0172. The lowest BCUT2D eigenvalue weighted by Gasteiger charge is -2.25. The van der Waals surface area contributed by atoms with E-state index >= 15 is 0 Å². The Hall–Kier alpha value is -1.92. The molecule has 5 nitrogen and oxygen atoms in total. The maximum atomic E-state index is 11.9. The van der Waals surface area contributed by atoms with E-state index in [1.54, 1.807) is 18.4 Å². The quantitative estimate of drug-likeness (QED) is 0.796. The van der Waals surface area contributed by atoms with Gasteiger partial charge in [-0.1, -0.05) is 18.2 Å². The molecule has 1 heterocycles. The van der Waals surface area contributed by atoms with Gasteiger partial charge in [0, 0.05) is 24.7 Å². The second-order valence-corrected chi connectivity index (χ2v) is 6.48. The van der Waals surface area contributed by atoms with Crippen LogP contribution in [0.2, 0.25) is 0 Å². The summed E-state index contributed by atoms with van der Waals surface area (Å²) in [6.07, 6.45) is -0.000369. The van der Waals surface area contributed by atoms with Gasteiger partial charge in [0.1, 0.15) is 11.1 Å². The van der Waals surface area contributed by atoms with Crippen molar-refractivity contribution >= 4 is 22.9 Å². The van der Waals surface area contributed by atoms with Gasteiger partial charge in [-0.25, -0.2) is 4.98 Å². The fourth-order valence-electron chi connectivity index (χ4n) is 2.50. The molecule has 1 unspecified atom stereocenters. The summed E-state index contributed by atoms with van der Waals surface area (Å²) >= 11 is 1.60. The van der Waals surface area contributed by atoms with Crippen molar-refractivity contribution in [3.63, 3.8) is 0 Å². The lowest BCUT2D eigenvalue weighted by molar-refractivity contribution is -0.119. The molecule has 130 valence electrons. The lowest BCUT2D eigenvalue weighted by Crippen LogP contribution is -2.35. The molecule has 0 aliphatic carbocycles. The number of hydrogen-bond acceptors (Lipinski definition) is 5. The Kier molecular flexibility index (Phi) is 6.75. The van der Waals surface area contributed by atoms with Crippen LogP contribution in [0.1, 0.15) is 36.2 Å². The van der Waals surface area contributed by atoms with Crippen molar-refractivity contribution < 1.29 is 9.53 Å². The molecule has 2 rings (SSSR count). The van der Waals surface area contributed by atoms with E-state index in [1.807, 2.05) is 37.4 Å². The van der Waals surface area contributed by atoms with Gasteiger partial charge in [-0.15, -0.1) is 11.3 Å². The zero-order chi connectivity index (χ0) is 17.5. The number of ether oxygens (including phenoxy) is 1. The van der Waals surface area contributed by atoms with E-state index in [0.717, 1.165) is 22.0 Å². The van der Waals surface area contributed by atoms with Crippen LogP contribution in [0.3, 0.4) is 0 Å². The number of rotatable bonds is 8. The third-order valence-electron chi connectivity index (χ3n) is 3.76. The molecule has 0 aliphatic heterocycles. The van der Waals surface area contributed by atoms with E-state index in [1.165, 1.54) is 0 Å². The van der Waals surface area contributed by atoms with Crippen LogP contribution in [-0.4, -0.2) is 31.1 Å². The highest BCUT2D eigenvalue weighted by Crippen LogP contribution is 2.25. The number of benzene rings is 1. The van der Waals surface area contributed by atoms with Crippen LogP contribution in [0, 0.1) is 6.92 Å². The normalized spacial score (nSPS) is 12.0. The average molecular weight is 347 g/mol. The van der Waals surface area contributed by atoms with Gasteiger partial charge in [-0.3, -0.25) is 4.79 Å². The van der Waals surface area contributed by atoms with Gasteiger partial charge in [0.2, 0.25) is 5.91 Å². The minimum atomic E-state index is -0.0172. The first-order valence-corrected chi connectivity index (χ1v) is 9.00. The maximum Gasteiger partial charge on any atom is 0.239 e. The van der Waals surface area contributed by atoms with Gasteiger partial charge in [0.05, 0.1) is 18.8 Å². The smallest absolute Gasteiger partial charge is 0.239 e. The van der Waals surface area contributed by atoms with Gasteiger partial charge >= 0.3 is 0 Å². The van der Waals surface area contributed by atoms with Crippen molar-refractivity contribution in [2.24, 2.45) is 0 Å². The third-order valence-corrected chi connectivity index (χ3v) is 4.81. The molecule has 1 N–H and O–H groups in total. The molecule has 6 heteroatoms. The molecule has 0 saturated carbocycles. The Morgan fingerprint density at radius 1 is 1.42 bits per heavy atom. The molecular weight excluding hydrogens is 322 g/mol. The van der Waals surface area contributed by atoms with E-state index < -0.39 is 0 Å². The van der Waals surface area contributed by atoms with Crippen molar-refractivity contribution in [3.05, 3.63) is 45.9 Å². The van der Waals surface area contributed by atoms with E-state index in [2.05, 4.69) is 28.2 Å². The first-order valence-electron chi connectivity index (χ1n) is 8.12. The van der Waals surface area contributed by atoms with Gasteiger partial charge in [-0.2, -0.15) is 0 Å². The fourth-order valence-corrected chi connectivity index (χ4v) is 3.31. The van der Waals surface area contributed by atoms with Crippen LogP contribution < -0.4 is 10.2 Å². The highest BCUT2D eigenvalue weighted by atomic mass is 32.1. The Morgan fingerprint density at radius 3 is 2.83 bits per heavy atom. The summed E-state index contributed by atoms with van der Waals surface area (Å²) in [6.45, 7) is 7.60. The Balaban J connectivity index is 2.19. The van der Waals surface area contributed by atoms with E-state index in [9.17, 15) is 4.79 Å². The number of anilines is 1. The summed E-state index contributed by atoms with van der Waals surface area (Å²) in [5.41, 5.74) is 3.14. The predicted molar refractivity (Wildman–Crippen MR) is 98.5 cm³/mol. The van der Waals surface area contributed by atoms with Crippen LogP contribution in [0.25, 0.3) is 0 Å². The molecule has 2 aromatic rings. The average Bonchev–Trinajstić information content (AvgIpc) is 3.03. The number of amides is 1. The van der Waals surface area contributed by atoms with Crippen molar-refractivity contribution in [2.45, 2.75) is 33.4 Å². The molecule has 1 atom stereocenters. The molecule has 1 aromatic carbocycles. The van der Waals surface area contributed by atoms with E-state index in [4.69, 9.17) is 4.74 Å². The summed E-state index contributed by atoms with van der Waals surface area (Å²) in [4.78, 5) is 18.6. The van der Waals surface area contributed by atoms with Crippen LogP contribution in [-0.2, 0) is 16.1 Å². The second kappa shape index (κ2) is 8.80. The Morgan fingerprint density at radius 2 is 2.17 bits per heavy atom. The largest absolute Gasteiger partial charge is 0.372 e. The van der Waals surface area contributed by atoms with Crippen molar-refractivity contribution in [2.75, 3.05) is 25.1 Å². The maximum absolute atomic E-state index is 11.9. The van der Waals surface area contributed by atoms with Gasteiger partial charge in [-0.05, 0) is 32.4 Å². The standard InChI is InChI=1S/C18H25N3O2S/c1-5-23-14(3)18-20-15(12-24-18)10-21(11-17(22)19-4)16-9-7-6-8-13(16)2/h6-9,12,14H,5,10-11H2,1-4H3,(H,19,22). The summed E-state index contributed by atoms with van der Waals surface area (Å²) < 4.78 is 5.60. The highest BCUT2D eigenvalue weighted by molar-refractivity contribution is 7.09. The molecule has 0 spiro atoms. The zero-order valence-electron chi connectivity index (χ0n) is 14.7. The first-order chi connectivity index (χ1) is 11.5. The minimum Gasteiger partial charge on any atom is -0.372 e. The minimum absolute atomic E-state index is 0.000369. The molecular formula is C18H25N3O2S.